The van der Waals surface area contributed by atoms with E-state index in [0.29, 0.717) is 4.77 Å². The van der Waals surface area contributed by atoms with Crippen molar-refractivity contribution in [1.82, 2.24) is 20.2 Å². The molecule has 1 fully saturated rings. The van der Waals surface area contributed by atoms with Gasteiger partial charge in [0.1, 0.15) is 0 Å². The van der Waals surface area contributed by atoms with E-state index < -0.39 is 0 Å². The van der Waals surface area contributed by atoms with Crippen molar-refractivity contribution in [2.75, 3.05) is 0 Å². The summed E-state index contributed by atoms with van der Waals surface area (Å²) in [6, 6.07) is 0. The first-order valence-electron chi connectivity index (χ1n) is 5.34. The lowest BCUT2D eigenvalue weighted by atomic mass is 10.0. The highest BCUT2D eigenvalue weighted by atomic mass is 32.1. The van der Waals surface area contributed by atoms with E-state index in [9.17, 15) is 0 Å². The fourth-order valence-corrected chi connectivity index (χ4v) is 2.37. The van der Waals surface area contributed by atoms with Crippen LogP contribution in [0.5, 0.6) is 0 Å². The molecule has 4 nitrogen and oxygen atoms in total. The van der Waals surface area contributed by atoms with Crippen molar-refractivity contribution in [2.45, 2.75) is 45.1 Å². The highest BCUT2D eigenvalue weighted by Crippen LogP contribution is 2.28. The Hall–Kier alpha value is -0.710. The highest BCUT2D eigenvalue weighted by Gasteiger charge is 2.14. The second-order valence-corrected chi connectivity index (χ2v) is 4.39. The van der Waals surface area contributed by atoms with Gasteiger partial charge in [0.2, 0.25) is 4.77 Å². The smallest absolute Gasteiger partial charge is 0.238 e. The van der Waals surface area contributed by atoms with Gasteiger partial charge < -0.3 is 0 Å². The molecule has 1 N–H and O–H groups in total. The Balaban J connectivity index is 1.72. The summed E-state index contributed by atoms with van der Waals surface area (Å²) < 4.78 is 2.40. The van der Waals surface area contributed by atoms with Gasteiger partial charge in [0.05, 0.1) is 0 Å². The van der Waals surface area contributed by atoms with Crippen molar-refractivity contribution in [1.29, 1.82) is 0 Å². The summed E-state index contributed by atoms with van der Waals surface area (Å²) in [5.74, 6) is 0.958. The molecule has 0 radical (unpaired) electrons. The summed E-state index contributed by atoms with van der Waals surface area (Å²) in [6.45, 7) is 0.933. The molecule has 0 amide bonds. The molecule has 0 atom stereocenters. The van der Waals surface area contributed by atoms with Crippen molar-refractivity contribution in [3.63, 3.8) is 0 Å². The fourth-order valence-electron chi connectivity index (χ4n) is 2.20. The lowest BCUT2D eigenvalue weighted by molar-refractivity contribution is 0.440. The minimum Gasteiger partial charge on any atom is -0.242 e. The van der Waals surface area contributed by atoms with Gasteiger partial charge in [-0.1, -0.05) is 36.0 Å². The summed E-state index contributed by atoms with van der Waals surface area (Å²) in [5, 5.41) is 10.2. The van der Waals surface area contributed by atoms with Gasteiger partial charge in [-0.05, 0) is 31.0 Å². The number of aromatic nitrogens is 4. The standard InChI is InChI=1S/C9H16N4S/c14-9-10-11-12-13(9)7-3-6-8-4-1-2-5-8/h8H,1-7H2,(H,10,12,14). The Labute approximate surface area is 88.7 Å². The van der Waals surface area contributed by atoms with Gasteiger partial charge in [-0.2, -0.15) is 5.21 Å². The van der Waals surface area contributed by atoms with Gasteiger partial charge in [-0.15, -0.1) is 0 Å². The number of aromatic amines is 1. The fraction of sp³-hybridized carbons (Fsp3) is 0.889. The molecule has 2 rings (SSSR count). The molecule has 0 aliphatic heterocycles. The first-order valence-corrected chi connectivity index (χ1v) is 5.75. The van der Waals surface area contributed by atoms with Crippen LogP contribution in [0.1, 0.15) is 38.5 Å². The molecule has 14 heavy (non-hydrogen) atoms. The third-order valence-electron chi connectivity index (χ3n) is 3.00. The maximum Gasteiger partial charge on any atom is 0.238 e. The number of H-pyrrole nitrogens is 1. The SMILES string of the molecule is S=c1nn[nH]n1CCCC1CCCC1. The lowest BCUT2D eigenvalue weighted by Crippen LogP contribution is -2.03. The number of rotatable bonds is 4. The summed E-state index contributed by atoms with van der Waals surface area (Å²) in [6.07, 6.45) is 8.20. The molecule has 0 bridgehead atoms. The summed E-state index contributed by atoms with van der Waals surface area (Å²) in [5.41, 5.74) is 0. The minimum atomic E-state index is 0.566. The molecule has 0 saturated heterocycles. The van der Waals surface area contributed by atoms with Gasteiger partial charge in [0.25, 0.3) is 0 Å². The van der Waals surface area contributed by atoms with E-state index in [4.69, 9.17) is 12.2 Å². The Morgan fingerprint density at radius 2 is 2.21 bits per heavy atom. The van der Waals surface area contributed by atoms with E-state index in [-0.39, 0.29) is 0 Å². The molecule has 0 aromatic carbocycles. The van der Waals surface area contributed by atoms with Crippen LogP contribution in [0.15, 0.2) is 0 Å². The van der Waals surface area contributed by atoms with Crippen LogP contribution >= 0.6 is 12.2 Å². The predicted molar refractivity (Wildman–Crippen MR) is 56.4 cm³/mol. The third kappa shape index (κ3) is 2.41. The van der Waals surface area contributed by atoms with Crippen LogP contribution in [-0.2, 0) is 6.54 Å². The van der Waals surface area contributed by atoms with Gasteiger partial charge in [-0.25, -0.2) is 4.68 Å². The molecule has 0 spiro atoms. The lowest BCUT2D eigenvalue weighted by Gasteiger charge is -2.07. The second kappa shape index (κ2) is 4.68. The number of nitrogens with zero attached hydrogens (tertiary/aromatic N) is 3. The van der Waals surface area contributed by atoms with Crippen molar-refractivity contribution < 1.29 is 0 Å². The van der Waals surface area contributed by atoms with E-state index in [1.807, 2.05) is 4.68 Å². The van der Waals surface area contributed by atoms with Crippen LogP contribution in [0.3, 0.4) is 0 Å². The predicted octanol–water partition coefficient (Wildman–Crippen LogP) is 2.31. The molecule has 1 aromatic heterocycles. The van der Waals surface area contributed by atoms with Crippen LogP contribution in [0.4, 0.5) is 0 Å². The number of tetrazole rings is 1. The average Bonchev–Trinajstić information content (AvgIpc) is 2.78. The first-order chi connectivity index (χ1) is 6.86. The van der Waals surface area contributed by atoms with Crippen LogP contribution in [-0.4, -0.2) is 20.2 Å². The molecule has 1 aromatic rings. The zero-order valence-electron chi connectivity index (χ0n) is 8.28. The molecule has 1 heterocycles. The monoisotopic (exact) mass is 212 g/mol. The average molecular weight is 212 g/mol. The third-order valence-corrected chi connectivity index (χ3v) is 3.30. The maximum atomic E-state index is 4.99. The molecular weight excluding hydrogens is 196 g/mol. The van der Waals surface area contributed by atoms with E-state index in [1.165, 1.54) is 38.5 Å². The van der Waals surface area contributed by atoms with Crippen LogP contribution < -0.4 is 0 Å². The Bertz CT molecular complexity index is 324. The molecule has 0 unspecified atom stereocenters. The van der Waals surface area contributed by atoms with Crippen molar-refractivity contribution in [3.05, 3.63) is 4.77 Å². The van der Waals surface area contributed by atoms with Gasteiger partial charge in [-0.3, -0.25) is 0 Å². The molecule has 5 heteroatoms. The number of nitrogens with one attached hydrogen (secondary N) is 1. The molecular formula is C9H16N4S. The highest BCUT2D eigenvalue weighted by molar-refractivity contribution is 7.71. The Morgan fingerprint density at radius 3 is 2.86 bits per heavy atom. The summed E-state index contributed by atoms with van der Waals surface area (Å²) in [4.78, 5) is 0. The van der Waals surface area contributed by atoms with Gasteiger partial charge in [0, 0.05) is 6.54 Å². The van der Waals surface area contributed by atoms with Crippen molar-refractivity contribution >= 4 is 12.2 Å². The van der Waals surface area contributed by atoms with Crippen LogP contribution in [0.25, 0.3) is 0 Å². The van der Waals surface area contributed by atoms with Gasteiger partial charge >= 0.3 is 0 Å². The van der Waals surface area contributed by atoms with E-state index in [2.05, 4.69) is 15.5 Å². The van der Waals surface area contributed by atoms with E-state index in [1.54, 1.807) is 0 Å². The molecule has 78 valence electrons. The molecule has 1 aliphatic rings. The molecule has 1 saturated carbocycles. The van der Waals surface area contributed by atoms with E-state index in [0.717, 1.165) is 12.5 Å². The quantitative estimate of drug-likeness (QED) is 0.779. The van der Waals surface area contributed by atoms with Crippen LogP contribution in [0, 0.1) is 10.7 Å². The topological polar surface area (TPSA) is 46.5 Å². The van der Waals surface area contributed by atoms with Crippen LogP contribution in [0.2, 0.25) is 0 Å². The summed E-state index contributed by atoms with van der Waals surface area (Å²) in [7, 11) is 0. The van der Waals surface area contributed by atoms with E-state index >= 15 is 0 Å². The van der Waals surface area contributed by atoms with Crippen molar-refractivity contribution in [3.8, 4) is 0 Å². The zero-order valence-corrected chi connectivity index (χ0v) is 9.09. The number of aryl methyl sites for hydroxylation is 1. The second-order valence-electron chi connectivity index (χ2n) is 4.03. The Kier molecular flexibility index (Phi) is 3.29. The molecule has 1 aliphatic carbocycles. The summed E-state index contributed by atoms with van der Waals surface area (Å²) >= 11 is 4.99. The normalized spacial score (nSPS) is 17.7. The number of hydrogen-bond donors (Lipinski definition) is 1. The van der Waals surface area contributed by atoms with Gasteiger partial charge in [0.15, 0.2) is 0 Å². The maximum absolute atomic E-state index is 4.99. The van der Waals surface area contributed by atoms with Crippen molar-refractivity contribution in [2.24, 2.45) is 5.92 Å². The largest absolute Gasteiger partial charge is 0.242 e. The number of hydrogen-bond acceptors (Lipinski definition) is 3. The minimum absolute atomic E-state index is 0.566. The Morgan fingerprint density at radius 1 is 1.43 bits per heavy atom. The zero-order chi connectivity index (χ0) is 9.80. The first kappa shape index (κ1) is 9.83.